The molecule has 1 unspecified atom stereocenters. The smallest absolute Gasteiger partial charge is 0.336 e. The highest BCUT2D eigenvalue weighted by molar-refractivity contribution is 5.96. The monoisotopic (exact) mass is 413 g/mol. The summed E-state index contributed by atoms with van der Waals surface area (Å²) in [4.78, 5) is 30.8. The van der Waals surface area contributed by atoms with E-state index >= 15 is 0 Å². The predicted molar refractivity (Wildman–Crippen MR) is 106 cm³/mol. The molecule has 0 aromatic heterocycles. The Bertz CT molecular complexity index is 718. The second-order valence-corrected chi connectivity index (χ2v) is 7.98. The van der Waals surface area contributed by atoms with Crippen molar-refractivity contribution in [3.8, 4) is 0 Å². The first-order valence-electron chi connectivity index (χ1n) is 9.96. The topological polar surface area (TPSA) is 43.9 Å². The summed E-state index contributed by atoms with van der Waals surface area (Å²) >= 11 is 0. The van der Waals surface area contributed by atoms with E-state index in [1.165, 1.54) is 23.1 Å². The largest absolute Gasteiger partial charge is 0.417 e. The molecule has 2 rings (SSSR count). The van der Waals surface area contributed by atoms with Gasteiger partial charge in [0.15, 0.2) is 0 Å². The fraction of sp³-hybridized carbons (Fsp3) is 0.619. The Labute approximate surface area is 170 Å². The molecular weight excluding hydrogens is 383 g/mol. The molecule has 1 atom stereocenters. The van der Waals surface area contributed by atoms with E-state index in [0.717, 1.165) is 6.07 Å². The fourth-order valence-corrected chi connectivity index (χ4v) is 3.88. The van der Waals surface area contributed by atoms with Crippen LogP contribution in [0.1, 0.15) is 50.5 Å². The van der Waals surface area contributed by atoms with Crippen molar-refractivity contribution in [3.63, 3.8) is 0 Å². The number of carbonyl (C=O) groups excluding carboxylic acids is 2. The van der Waals surface area contributed by atoms with Crippen molar-refractivity contribution < 1.29 is 22.8 Å². The molecule has 0 spiro atoms. The number of hydrogen-bond donors (Lipinski definition) is 0. The Morgan fingerprint density at radius 2 is 1.45 bits per heavy atom. The molecule has 0 bridgehead atoms. The molecule has 8 heteroatoms. The van der Waals surface area contributed by atoms with Crippen LogP contribution in [0, 0.1) is 0 Å². The van der Waals surface area contributed by atoms with Crippen molar-refractivity contribution >= 4 is 11.8 Å². The van der Waals surface area contributed by atoms with Gasteiger partial charge in [-0.05, 0) is 46.8 Å². The third-order valence-corrected chi connectivity index (χ3v) is 5.34. The van der Waals surface area contributed by atoms with Crippen LogP contribution in [-0.4, -0.2) is 70.8 Å². The van der Waals surface area contributed by atoms with E-state index in [2.05, 4.69) is 0 Å². The van der Waals surface area contributed by atoms with Crippen molar-refractivity contribution in [2.45, 2.75) is 58.9 Å². The van der Waals surface area contributed by atoms with Gasteiger partial charge < -0.3 is 9.80 Å². The highest BCUT2D eigenvalue weighted by atomic mass is 19.4. The molecule has 0 radical (unpaired) electrons. The number of hydrogen-bond acceptors (Lipinski definition) is 3. The lowest BCUT2D eigenvalue weighted by atomic mass is 10.1. The summed E-state index contributed by atoms with van der Waals surface area (Å²) in [5.41, 5.74) is -1.25. The molecule has 2 amide bonds. The molecule has 0 N–H and O–H groups in total. The molecule has 29 heavy (non-hydrogen) atoms. The van der Waals surface area contributed by atoms with E-state index in [1.807, 2.05) is 44.4 Å². The quantitative estimate of drug-likeness (QED) is 0.742. The molecule has 1 saturated heterocycles. The Morgan fingerprint density at radius 1 is 0.931 bits per heavy atom. The molecule has 1 aliphatic heterocycles. The Balaban J connectivity index is 2.06. The van der Waals surface area contributed by atoms with Gasteiger partial charge >= 0.3 is 6.18 Å². The molecule has 1 aromatic carbocycles. The van der Waals surface area contributed by atoms with Crippen LogP contribution >= 0.6 is 0 Å². The van der Waals surface area contributed by atoms with Crippen molar-refractivity contribution in [2.24, 2.45) is 0 Å². The molecule has 1 fully saturated rings. The summed E-state index contributed by atoms with van der Waals surface area (Å²) < 4.78 is 39.7. The molecule has 162 valence electrons. The number of benzene rings is 1. The molecule has 1 aromatic rings. The maximum Gasteiger partial charge on any atom is 0.417 e. The van der Waals surface area contributed by atoms with Gasteiger partial charge in [0.05, 0.1) is 17.2 Å². The van der Waals surface area contributed by atoms with Gasteiger partial charge in [0.25, 0.3) is 5.91 Å². The zero-order valence-electron chi connectivity index (χ0n) is 17.7. The van der Waals surface area contributed by atoms with Crippen molar-refractivity contribution in [1.82, 2.24) is 14.7 Å². The minimum absolute atomic E-state index is 0.0252. The summed E-state index contributed by atoms with van der Waals surface area (Å²) in [6.07, 6.45) is -4.58. The minimum Gasteiger partial charge on any atom is -0.336 e. The van der Waals surface area contributed by atoms with Crippen molar-refractivity contribution in [2.75, 3.05) is 26.2 Å². The molecule has 1 aliphatic rings. The van der Waals surface area contributed by atoms with Gasteiger partial charge in [-0.25, -0.2) is 0 Å². The van der Waals surface area contributed by atoms with Gasteiger partial charge in [-0.2, -0.15) is 13.2 Å². The van der Waals surface area contributed by atoms with Crippen LogP contribution < -0.4 is 0 Å². The standard InChI is InChI=1S/C21H30F3N3O2/c1-14(2)27(15(3)4)19(28)16(5)25-10-12-26(13-11-25)20(29)17-8-6-7-9-18(17)21(22,23)24/h6-9,14-16H,10-13H2,1-5H3. The van der Waals surface area contributed by atoms with E-state index in [4.69, 9.17) is 0 Å². The maximum atomic E-state index is 13.2. The number of amides is 2. The van der Waals surface area contributed by atoms with Gasteiger partial charge in [0.2, 0.25) is 5.91 Å². The van der Waals surface area contributed by atoms with Gasteiger partial charge in [-0.3, -0.25) is 14.5 Å². The molecule has 1 heterocycles. The number of piperazine rings is 1. The van der Waals surface area contributed by atoms with Crippen LogP contribution in [0.15, 0.2) is 24.3 Å². The van der Waals surface area contributed by atoms with E-state index in [9.17, 15) is 22.8 Å². The zero-order chi connectivity index (χ0) is 21.9. The lowest BCUT2D eigenvalue weighted by Crippen LogP contribution is -2.57. The highest BCUT2D eigenvalue weighted by Crippen LogP contribution is 2.32. The summed E-state index contributed by atoms with van der Waals surface area (Å²) in [5.74, 6) is -0.597. The fourth-order valence-electron chi connectivity index (χ4n) is 3.88. The van der Waals surface area contributed by atoms with E-state index < -0.39 is 17.6 Å². The van der Waals surface area contributed by atoms with Crippen LogP contribution in [0.25, 0.3) is 0 Å². The van der Waals surface area contributed by atoms with Crippen LogP contribution in [0.5, 0.6) is 0 Å². The highest BCUT2D eigenvalue weighted by Gasteiger charge is 2.37. The SMILES string of the molecule is CC(C(=O)N(C(C)C)C(C)C)N1CCN(C(=O)c2ccccc2C(F)(F)F)CC1. The van der Waals surface area contributed by atoms with Crippen LogP contribution in [-0.2, 0) is 11.0 Å². The van der Waals surface area contributed by atoms with Gasteiger partial charge in [-0.1, -0.05) is 12.1 Å². The lowest BCUT2D eigenvalue weighted by Gasteiger charge is -2.41. The van der Waals surface area contributed by atoms with Gasteiger partial charge in [0, 0.05) is 38.3 Å². The van der Waals surface area contributed by atoms with Crippen LogP contribution in [0.3, 0.4) is 0 Å². The van der Waals surface area contributed by atoms with Gasteiger partial charge in [-0.15, -0.1) is 0 Å². The summed E-state index contributed by atoms with van der Waals surface area (Å²) in [7, 11) is 0. The number of rotatable bonds is 5. The third-order valence-electron chi connectivity index (χ3n) is 5.34. The average molecular weight is 413 g/mol. The third kappa shape index (κ3) is 5.29. The molecular formula is C21H30F3N3O2. The normalized spacial score (nSPS) is 17.0. The molecule has 0 saturated carbocycles. The average Bonchev–Trinajstić information content (AvgIpc) is 2.65. The zero-order valence-corrected chi connectivity index (χ0v) is 17.7. The van der Waals surface area contributed by atoms with E-state index in [1.54, 1.807) is 0 Å². The van der Waals surface area contributed by atoms with E-state index in [0.29, 0.717) is 13.1 Å². The number of nitrogens with zero attached hydrogens (tertiary/aromatic N) is 3. The van der Waals surface area contributed by atoms with Crippen molar-refractivity contribution in [1.29, 1.82) is 0 Å². The maximum absolute atomic E-state index is 13.2. The van der Waals surface area contributed by atoms with Crippen LogP contribution in [0.2, 0.25) is 0 Å². The first-order chi connectivity index (χ1) is 13.4. The van der Waals surface area contributed by atoms with Crippen LogP contribution in [0.4, 0.5) is 13.2 Å². The first-order valence-corrected chi connectivity index (χ1v) is 9.96. The minimum atomic E-state index is -4.58. The Hall–Kier alpha value is -2.09. The first kappa shape index (κ1) is 23.2. The Morgan fingerprint density at radius 3 is 1.93 bits per heavy atom. The van der Waals surface area contributed by atoms with Gasteiger partial charge in [0.1, 0.15) is 0 Å². The number of alkyl halides is 3. The molecule has 0 aliphatic carbocycles. The molecule has 5 nitrogen and oxygen atoms in total. The second-order valence-electron chi connectivity index (χ2n) is 7.98. The lowest BCUT2D eigenvalue weighted by molar-refractivity contribution is -0.141. The van der Waals surface area contributed by atoms with E-state index in [-0.39, 0.29) is 42.7 Å². The predicted octanol–water partition coefficient (Wildman–Crippen LogP) is 3.50. The summed E-state index contributed by atoms with van der Waals surface area (Å²) in [6, 6.07) is 4.66. The summed E-state index contributed by atoms with van der Waals surface area (Å²) in [6.45, 7) is 11.2. The number of carbonyl (C=O) groups is 2. The number of halogens is 3. The second kappa shape index (κ2) is 9.15. The Kier molecular flexibility index (Phi) is 7.32. The summed E-state index contributed by atoms with van der Waals surface area (Å²) in [5, 5.41) is 0. The van der Waals surface area contributed by atoms with Crippen molar-refractivity contribution in [3.05, 3.63) is 35.4 Å².